The number of benzene rings is 2. The molecule has 0 atom stereocenters. The highest BCUT2D eigenvalue weighted by atomic mass is 35.5. The average Bonchev–Trinajstić information content (AvgIpc) is 2.56. The maximum atomic E-state index is 11.6. The number of anilines is 1. The van der Waals surface area contributed by atoms with Gasteiger partial charge in [-0.05, 0) is 35.7 Å². The Bertz CT molecular complexity index is 672. The van der Waals surface area contributed by atoms with E-state index in [1.807, 2.05) is 42.5 Å². The van der Waals surface area contributed by atoms with E-state index in [9.17, 15) is 4.79 Å². The molecule has 3 N–H and O–H groups in total. The summed E-state index contributed by atoms with van der Waals surface area (Å²) in [4.78, 5) is 11.6. The average molecular weight is 331 g/mol. The van der Waals surface area contributed by atoms with E-state index in [2.05, 4.69) is 5.32 Å². The van der Waals surface area contributed by atoms with Gasteiger partial charge in [0.25, 0.3) is 0 Å². The number of carbonyl (C=O) groups is 1. The molecule has 4 nitrogen and oxygen atoms in total. The highest BCUT2D eigenvalue weighted by Gasteiger charge is 2.01. The van der Waals surface area contributed by atoms with Crippen LogP contribution in [-0.4, -0.2) is 12.6 Å². The topological polar surface area (TPSA) is 64.3 Å². The van der Waals surface area contributed by atoms with Crippen LogP contribution < -0.4 is 11.1 Å². The molecule has 2 aromatic rings. The molecule has 0 unspecified atom stereocenters. The molecule has 0 aliphatic carbocycles. The van der Waals surface area contributed by atoms with Gasteiger partial charge in [0.15, 0.2) is 0 Å². The van der Waals surface area contributed by atoms with Crippen LogP contribution in [0.3, 0.4) is 0 Å². The first kappa shape index (κ1) is 16.9. The van der Waals surface area contributed by atoms with Crippen LogP contribution in [0, 0.1) is 0 Å². The Morgan fingerprint density at radius 1 is 1.22 bits per heavy atom. The number of ether oxygens (including phenoxy) is 1. The van der Waals surface area contributed by atoms with Gasteiger partial charge < -0.3 is 15.8 Å². The third kappa shape index (κ3) is 6.04. The molecular weight excluding hydrogens is 312 g/mol. The number of hydrogen-bond acceptors (Lipinski definition) is 3. The van der Waals surface area contributed by atoms with Crippen LogP contribution in [0.5, 0.6) is 0 Å². The van der Waals surface area contributed by atoms with Crippen LogP contribution in [0.4, 0.5) is 10.5 Å². The number of carbonyl (C=O) groups excluding carboxylic acids is 1. The number of rotatable bonds is 6. The predicted molar refractivity (Wildman–Crippen MR) is 94.1 cm³/mol. The fourth-order valence-corrected chi connectivity index (χ4v) is 2.11. The molecule has 0 spiro atoms. The van der Waals surface area contributed by atoms with Crippen molar-refractivity contribution in [2.24, 2.45) is 0 Å². The number of nitrogens with one attached hydrogen (secondary N) is 1. The molecule has 0 heterocycles. The standard InChI is InChI=1S/C18H19ClN2O2/c19-17-10-9-16(20)12-15(17)8-4-5-11-21-18(22)23-13-14-6-2-1-3-7-14/h1-4,6-10,12H,5,11,13,20H2,(H,21,22). The minimum Gasteiger partial charge on any atom is -0.445 e. The lowest BCUT2D eigenvalue weighted by molar-refractivity contribution is 0.140. The molecule has 0 fully saturated rings. The Balaban J connectivity index is 1.67. The van der Waals surface area contributed by atoms with Gasteiger partial charge in [0.05, 0.1) is 0 Å². The summed E-state index contributed by atoms with van der Waals surface area (Å²) >= 11 is 6.06. The summed E-state index contributed by atoms with van der Waals surface area (Å²) < 4.78 is 5.12. The monoisotopic (exact) mass is 330 g/mol. The van der Waals surface area contributed by atoms with Gasteiger partial charge in [-0.2, -0.15) is 0 Å². The molecule has 0 aromatic heterocycles. The van der Waals surface area contributed by atoms with E-state index in [0.717, 1.165) is 11.1 Å². The molecule has 5 heteroatoms. The third-order valence-electron chi connectivity index (χ3n) is 3.11. The van der Waals surface area contributed by atoms with Crippen molar-refractivity contribution in [3.8, 4) is 0 Å². The van der Waals surface area contributed by atoms with E-state index in [0.29, 0.717) is 23.7 Å². The highest BCUT2D eigenvalue weighted by molar-refractivity contribution is 6.32. The lowest BCUT2D eigenvalue weighted by Crippen LogP contribution is -2.24. The van der Waals surface area contributed by atoms with Crippen LogP contribution in [0.1, 0.15) is 17.5 Å². The number of nitrogens with two attached hydrogens (primary N) is 1. The Hall–Kier alpha value is -2.46. The Kier molecular flexibility index (Phi) is 6.51. The SMILES string of the molecule is Nc1ccc(Cl)c(C=CCCNC(=O)OCc2ccccc2)c1. The Morgan fingerprint density at radius 2 is 2.00 bits per heavy atom. The third-order valence-corrected chi connectivity index (χ3v) is 3.45. The summed E-state index contributed by atoms with van der Waals surface area (Å²) in [7, 11) is 0. The zero-order valence-corrected chi connectivity index (χ0v) is 13.4. The summed E-state index contributed by atoms with van der Waals surface area (Å²) in [6.45, 7) is 0.755. The predicted octanol–water partition coefficient (Wildman–Crippen LogP) is 4.25. The van der Waals surface area contributed by atoms with Crippen LogP contribution in [0.25, 0.3) is 6.08 Å². The highest BCUT2D eigenvalue weighted by Crippen LogP contribution is 2.20. The van der Waals surface area contributed by atoms with Gasteiger partial charge in [-0.25, -0.2) is 4.79 Å². The van der Waals surface area contributed by atoms with E-state index in [-0.39, 0.29) is 6.61 Å². The lowest BCUT2D eigenvalue weighted by Gasteiger charge is -2.06. The molecule has 2 rings (SSSR count). The van der Waals surface area contributed by atoms with Gasteiger partial charge >= 0.3 is 6.09 Å². The second kappa shape index (κ2) is 8.86. The molecule has 1 amide bonds. The number of alkyl carbamates (subject to hydrolysis) is 1. The number of amides is 1. The summed E-state index contributed by atoms with van der Waals surface area (Å²) in [6, 6.07) is 14.9. The van der Waals surface area contributed by atoms with Crippen molar-refractivity contribution in [3.63, 3.8) is 0 Å². The van der Waals surface area contributed by atoms with Gasteiger partial charge in [0, 0.05) is 17.3 Å². The molecule has 0 saturated heterocycles. The van der Waals surface area contributed by atoms with E-state index in [4.69, 9.17) is 22.1 Å². The molecule has 0 saturated carbocycles. The van der Waals surface area contributed by atoms with E-state index >= 15 is 0 Å². The van der Waals surface area contributed by atoms with Crippen molar-refractivity contribution in [1.29, 1.82) is 0 Å². The zero-order valence-electron chi connectivity index (χ0n) is 12.7. The summed E-state index contributed by atoms with van der Waals surface area (Å²) in [6.07, 6.45) is 4.06. The van der Waals surface area contributed by atoms with E-state index in [1.165, 1.54) is 0 Å². The molecular formula is C18H19ClN2O2. The van der Waals surface area contributed by atoms with Crippen LogP contribution >= 0.6 is 11.6 Å². The van der Waals surface area contributed by atoms with E-state index in [1.54, 1.807) is 18.2 Å². The molecule has 2 aromatic carbocycles. The molecule has 0 aliphatic heterocycles. The minimum atomic E-state index is -0.427. The second-order valence-corrected chi connectivity index (χ2v) is 5.37. The number of halogens is 1. The van der Waals surface area contributed by atoms with Crippen molar-refractivity contribution in [2.75, 3.05) is 12.3 Å². The van der Waals surface area contributed by atoms with Crippen LogP contribution in [0.2, 0.25) is 5.02 Å². The zero-order chi connectivity index (χ0) is 16.5. The van der Waals surface area contributed by atoms with Crippen molar-refractivity contribution in [2.45, 2.75) is 13.0 Å². The molecule has 23 heavy (non-hydrogen) atoms. The molecule has 120 valence electrons. The van der Waals surface area contributed by atoms with E-state index < -0.39 is 6.09 Å². The fraction of sp³-hybridized carbons (Fsp3) is 0.167. The van der Waals surface area contributed by atoms with Gasteiger partial charge in [0.2, 0.25) is 0 Å². The first-order valence-electron chi connectivity index (χ1n) is 7.31. The molecule has 0 bridgehead atoms. The normalized spacial score (nSPS) is 10.7. The lowest BCUT2D eigenvalue weighted by atomic mass is 10.2. The van der Waals surface area contributed by atoms with Gasteiger partial charge in [0.1, 0.15) is 6.61 Å². The van der Waals surface area contributed by atoms with Gasteiger partial charge in [-0.1, -0.05) is 54.1 Å². The summed E-state index contributed by atoms with van der Waals surface area (Å²) in [5.74, 6) is 0. The first-order valence-corrected chi connectivity index (χ1v) is 7.69. The van der Waals surface area contributed by atoms with Crippen LogP contribution in [0.15, 0.2) is 54.6 Å². The van der Waals surface area contributed by atoms with Gasteiger partial charge in [-0.3, -0.25) is 0 Å². The smallest absolute Gasteiger partial charge is 0.407 e. The molecule has 0 aliphatic rings. The summed E-state index contributed by atoms with van der Waals surface area (Å²) in [5.41, 5.74) is 8.19. The second-order valence-electron chi connectivity index (χ2n) is 4.96. The quantitative estimate of drug-likeness (QED) is 0.614. The van der Waals surface area contributed by atoms with Gasteiger partial charge in [-0.15, -0.1) is 0 Å². The fourth-order valence-electron chi connectivity index (χ4n) is 1.93. The largest absolute Gasteiger partial charge is 0.445 e. The minimum absolute atomic E-state index is 0.265. The maximum Gasteiger partial charge on any atom is 0.407 e. The summed E-state index contributed by atoms with van der Waals surface area (Å²) in [5, 5.41) is 3.34. The Labute approximate surface area is 140 Å². The molecule has 0 radical (unpaired) electrons. The van der Waals surface area contributed by atoms with Crippen LogP contribution in [-0.2, 0) is 11.3 Å². The number of nitrogen functional groups attached to an aromatic ring is 1. The van der Waals surface area contributed by atoms with Crippen molar-refractivity contribution in [1.82, 2.24) is 5.32 Å². The van der Waals surface area contributed by atoms with Crippen molar-refractivity contribution in [3.05, 3.63) is 70.8 Å². The maximum absolute atomic E-state index is 11.6. The van der Waals surface area contributed by atoms with Crippen molar-refractivity contribution >= 4 is 29.5 Å². The first-order chi connectivity index (χ1) is 11.1. The Morgan fingerprint density at radius 3 is 2.78 bits per heavy atom. The number of hydrogen-bond donors (Lipinski definition) is 2. The van der Waals surface area contributed by atoms with Crippen molar-refractivity contribution < 1.29 is 9.53 Å².